The lowest BCUT2D eigenvalue weighted by Gasteiger charge is -2.39. The molecule has 0 saturated carbocycles. The summed E-state index contributed by atoms with van der Waals surface area (Å²) in [6, 6.07) is 85.7. The molecule has 16 rings (SSSR count). The first-order chi connectivity index (χ1) is 37.2. The van der Waals surface area contributed by atoms with Crippen molar-refractivity contribution >= 4 is 43.9 Å². The number of benzene rings is 10. The molecule has 1 aliphatic carbocycles. The lowest BCUT2D eigenvalue weighted by molar-refractivity contribution is 0.667. The van der Waals surface area contributed by atoms with Gasteiger partial charge in [0.15, 0.2) is 28.9 Å². The van der Waals surface area contributed by atoms with E-state index in [1.54, 1.807) is 0 Å². The van der Waals surface area contributed by atoms with Gasteiger partial charge >= 0.3 is 0 Å². The quantitative estimate of drug-likeness (QED) is 0.165. The van der Waals surface area contributed by atoms with Crippen LogP contribution in [0.15, 0.2) is 247 Å². The zero-order chi connectivity index (χ0) is 49.2. The fraction of sp³-hybridized carbons (Fsp3) is 0.0147. The summed E-state index contributed by atoms with van der Waals surface area (Å²) in [5.74, 6) is 2.40. The molecule has 14 aromatic rings. The Balaban J connectivity index is 0.991. The van der Waals surface area contributed by atoms with E-state index in [0.29, 0.717) is 28.9 Å². The first-order valence-corrected chi connectivity index (χ1v) is 25.3. The number of furan rings is 1. The number of nitrogens with zero attached hydrogens (tertiary/aromatic N) is 6. The fourth-order valence-corrected chi connectivity index (χ4v) is 12.3. The van der Waals surface area contributed by atoms with E-state index in [2.05, 4.69) is 187 Å². The molecule has 0 N–H and O–H groups in total. The SMILES string of the molecule is c1ccc(-c2ccc(-c3nc(-c4ccc5c(c4)-c4c(-c6nc(-c7ccccc7)nc(-c7ccccc7)n6)cccc4C54c5ccccc5-n5c6ccccc6c6cccc4c65)nc4c3oc3ccccc34)cc2)cc1. The molecule has 0 fully saturated rings. The Morgan fingerprint density at radius 1 is 0.347 bits per heavy atom. The van der Waals surface area contributed by atoms with Gasteiger partial charge in [-0.3, -0.25) is 0 Å². The highest BCUT2D eigenvalue weighted by atomic mass is 16.3. The van der Waals surface area contributed by atoms with Crippen molar-refractivity contribution in [2.24, 2.45) is 0 Å². The van der Waals surface area contributed by atoms with Crippen LogP contribution in [-0.2, 0) is 5.41 Å². The van der Waals surface area contributed by atoms with Crippen LogP contribution < -0.4 is 0 Å². The standard InChI is InChI=1S/C68H40N6O/c1-4-18-41(19-5-1)42-34-36-43(37-35-42)60-63-61(49-25-11-15-33-58(49)75-63)70-66(69-60)46-38-39-52-51(40-46)59-50(67-72-64(44-20-6-2-7-21-44)71-65(73-67)45-22-8-3-9-23-45)27-17-29-54(59)68(52)53-28-12-14-32-57(53)74-56-31-13-10-24-47(56)48-26-16-30-55(68)62(48)74/h1-40H. The number of aromatic nitrogens is 6. The minimum atomic E-state index is -0.742. The number of hydrogen-bond acceptors (Lipinski definition) is 6. The average molecular weight is 957 g/mol. The van der Waals surface area contributed by atoms with Crippen LogP contribution in [0, 0.1) is 0 Å². The largest absolute Gasteiger partial charge is 0.452 e. The normalized spacial score (nSPS) is 14.2. The summed E-state index contributed by atoms with van der Waals surface area (Å²) >= 11 is 0. The van der Waals surface area contributed by atoms with Gasteiger partial charge in [-0.1, -0.05) is 212 Å². The molecule has 0 bridgehead atoms. The lowest BCUT2D eigenvalue weighted by atomic mass is 9.65. The third-order valence-corrected chi connectivity index (χ3v) is 15.5. The van der Waals surface area contributed by atoms with Gasteiger partial charge in [-0.05, 0) is 74.8 Å². The molecule has 7 heteroatoms. The minimum Gasteiger partial charge on any atom is -0.452 e. The van der Waals surface area contributed by atoms with E-state index >= 15 is 0 Å². The molecule has 0 amide bonds. The highest BCUT2D eigenvalue weighted by Gasteiger charge is 2.51. The Morgan fingerprint density at radius 3 is 1.68 bits per heavy atom. The van der Waals surface area contributed by atoms with Gasteiger partial charge in [-0.2, -0.15) is 0 Å². The molecular weight excluding hydrogens is 917 g/mol. The van der Waals surface area contributed by atoms with Crippen LogP contribution in [0.25, 0.3) is 129 Å². The van der Waals surface area contributed by atoms with E-state index in [1.165, 1.54) is 32.9 Å². The molecule has 75 heavy (non-hydrogen) atoms. The van der Waals surface area contributed by atoms with Crippen LogP contribution in [0.4, 0.5) is 0 Å². The van der Waals surface area contributed by atoms with E-state index in [0.717, 1.165) is 89.1 Å². The van der Waals surface area contributed by atoms with Crippen LogP contribution in [0.3, 0.4) is 0 Å². The third kappa shape index (κ3) is 6.00. The van der Waals surface area contributed by atoms with Crippen molar-refractivity contribution in [2.45, 2.75) is 5.41 Å². The molecule has 1 unspecified atom stereocenters. The van der Waals surface area contributed by atoms with Gasteiger partial charge in [0.05, 0.1) is 22.1 Å². The summed E-state index contributed by atoms with van der Waals surface area (Å²) in [6.07, 6.45) is 0. The summed E-state index contributed by atoms with van der Waals surface area (Å²) in [5.41, 5.74) is 19.4. The summed E-state index contributed by atoms with van der Waals surface area (Å²) < 4.78 is 9.13. The topological polar surface area (TPSA) is 82.5 Å². The van der Waals surface area contributed by atoms with Crippen LogP contribution in [0.2, 0.25) is 0 Å². The first-order valence-electron chi connectivity index (χ1n) is 25.3. The predicted octanol–water partition coefficient (Wildman–Crippen LogP) is 16.3. The van der Waals surface area contributed by atoms with E-state index in [-0.39, 0.29) is 0 Å². The van der Waals surface area contributed by atoms with Crippen molar-refractivity contribution in [3.8, 4) is 84.7 Å². The third-order valence-electron chi connectivity index (χ3n) is 15.5. The van der Waals surface area contributed by atoms with Crippen molar-refractivity contribution in [2.75, 3.05) is 0 Å². The molecule has 10 aromatic carbocycles. The van der Waals surface area contributed by atoms with Gasteiger partial charge in [0.25, 0.3) is 0 Å². The van der Waals surface area contributed by atoms with Gasteiger partial charge in [0, 0.05) is 44.0 Å². The summed E-state index contributed by atoms with van der Waals surface area (Å²) in [5, 5.41) is 3.38. The highest BCUT2D eigenvalue weighted by Crippen LogP contribution is 2.63. The number of para-hydroxylation sites is 4. The van der Waals surface area contributed by atoms with Crippen molar-refractivity contribution in [3.63, 3.8) is 0 Å². The predicted molar refractivity (Wildman–Crippen MR) is 301 cm³/mol. The van der Waals surface area contributed by atoms with E-state index in [9.17, 15) is 0 Å². The van der Waals surface area contributed by atoms with E-state index in [1.807, 2.05) is 60.7 Å². The Morgan fingerprint density at radius 2 is 0.907 bits per heavy atom. The van der Waals surface area contributed by atoms with Crippen LogP contribution in [0.5, 0.6) is 0 Å². The molecular formula is C68H40N6O. The molecule has 7 nitrogen and oxygen atoms in total. The fourth-order valence-electron chi connectivity index (χ4n) is 12.3. The Labute approximate surface area is 430 Å². The maximum atomic E-state index is 6.65. The molecule has 1 spiro atoms. The summed E-state index contributed by atoms with van der Waals surface area (Å²) in [7, 11) is 0. The summed E-state index contributed by atoms with van der Waals surface area (Å²) in [6.45, 7) is 0. The monoisotopic (exact) mass is 956 g/mol. The number of rotatable bonds is 6. The molecule has 0 saturated heterocycles. The maximum absolute atomic E-state index is 6.65. The Bertz CT molecular complexity index is 4580. The molecule has 2 aliphatic rings. The molecule has 348 valence electrons. The van der Waals surface area contributed by atoms with Crippen LogP contribution in [0.1, 0.15) is 22.3 Å². The lowest BCUT2D eigenvalue weighted by Crippen LogP contribution is -2.33. The van der Waals surface area contributed by atoms with Crippen molar-refractivity contribution < 1.29 is 4.42 Å². The van der Waals surface area contributed by atoms with Gasteiger partial charge in [-0.15, -0.1) is 0 Å². The molecule has 1 aliphatic heterocycles. The Hall–Kier alpha value is -10.1. The maximum Gasteiger partial charge on any atom is 0.180 e. The highest BCUT2D eigenvalue weighted by molar-refractivity contribution is 6.13. The first kappa shape index (κ1) is 41.5. The van der Waals surface area contributed by atoms with E-state index < -0.39 is 5.41 Å². The van der Waals surface area contributed by atoms with Gasteiger partial charge < -0.3 is 8.98 Å². The van der Waals surface area contributed by atoms with Gasteiger partial charge in [0.2, 0.25) is 0 Å². The molecule has 4 aromatic heterocycles. The second kappa shape index (κ2) is 15.9. The zero-order valence-corrected chi connectivity index (χ0v) is 40.2. The van der Waals surface area contributed by atoms with Crippen LogP contribution in [-0.4, -0.2) is 29.5 Å². The average Bonchev–Trinajstić information content (AvgIpc) is 4.35. The molecule has 1 atom stereocenters. The molecule has 5 heterocycles. The van der Waals surface area contributed by atoms with Crippen LogP contribution >= 0.6 is 0 Å². The van der Waals surface area contributed by atoms with Crippen molar-refractivity contribution in [1.82, 2.24) is 29.5 Å². The number of hydrogen-bond donors (Lipinski definition) is 0. The number of fused-ring (bicyclic) bond motifs is 15. The smallest absolute Gasteiger partial charge is 0.180 e. The van der Waals surface area contributed by atoms with Crippen molar-refractivity contribution in [1.29, 1.82) is 0 Å². The van der Waals surface area contributed by atoms with Crippen molar-refractivity contribution in [3.05, 3.63) is 265 Å². The minimum absolute atomic E-state index is 0.591. The summed E-state index contributed by atoms with van der Waals surface area (Å²) in [4.78, 5) is 26.8. The van der Waals surface area contributed by atoms with Gasteiger partial charge in [-0.25, -0.2) is 24.9 Å². The zero-order valence-electron chi connectivity index (χ0n) is 40.2. The molecule has 0 radical (unpaired) electrons. The van der Waals surface area contributed by atoms with Gasteiger partial charge in [0.1, 0.15) is 16.8 Å². The van der Waals surface area contributed by atoms with E-state index in [4.69, 9.17) is 29.3 Å². The second-order valence-electron chi connectivity index (χ2n) is 19.5. The Kier molecular flexibility index (Phi) is 8.82. The second-order valence-corrected chi connectivity index (χ2v) is 19.5.